The van der Waals surface area contributed by atoms with Crippen LogP contribution in [0.15, 0.2) is 42.5 Å². The van der Waals surface area contributed by atoms with Crippen LogP contribution in [0.5, 0.6) is 0 Å². The number of esters is 1. The van der Waals surface area contributed by atoms with E-state index in [1.54, 1.807) is 6.92 Å². The number of carbonyl (C=O) groups is 1. The topological polar surface area (TPSA) is 38.3 Å². The summed E-state index contributed by atoms with van der Waals surface area (Å²) in [5, 5.41) is 3.32. The summed E-state index contributed by atoms with van der Waals surface area (Å²) in [6.45, 7) is 8.47. The van der Waals surface area contributed by atoms with Gasteiger partial charge in [0.15, 0.2) is 0 Å². The molecule has 0 aliphatic rings. The van der Waals surface area contributed by atoms with Gasteiger partial charge in [-0.25, -0.2) is 4.79 Å². The fourth-order valence-electron chi connectivity index (χ4n) is 1.73. The molecule has 1 aromatic carbocycles. The fourth-order valence-corrected chi connectivity index (χ4v) is 1.73. The maximum Gasteiger partial charge on any atom is 0.334 e. The molecule has 3 nitrogen and oxygen atoms in total. The van der Waals surface area contributed by atoms with Gasteiger partial charge in [0.05, 0.1) is 6.61 Å². The zero-order valence-electron chi connectivity index (χ0n) is 11.1. The highest BCUT2D eigenvalue weighted by molar-refractivity contribution is 5.88. The molecule has 0 aliphatic carbocycles. The number of hydrogen-bond acceptors (Lipinski definition) is 3. The molecule has 0 saturated carbocycles. The molecule has 0 spiro atoms. The van der Waals surface area contributed by atoms with Crippen LogP contribution in [0.2, 0.25) is 0 Å². The van der Waals surface area contributed by atoms with Crippen LogP contribution < -0.4 is 5.32 Å². The van der Waals surface area contributed by atoms with E-state index in [-0.39, 0.29) is 12.0 Å². The van der Waals surface area contributed by atoms with Gasteiger partial charge in [-0.05, 0) is 18.9 Å². The molecular weight excluding hydrogens is 226 g/mol. The molecule has 1 atom stereocenters. The fraction of sp³-hybridized carbons (Fsp3) is 0.400. The predicted molar refractivity (Wildman–Crippen MR) is 73.2 cm³/mol. The van der Waals surface area contributed by atoms with E-state index < -0.39 is 0 Å². The van der Waals surface area contributed by atoms with E-state index in [4.69, 9.17) is 4.74 Å². The summed E-state index contributed by atoms with van der Waals surface area (Å²) < 4.78 is 4.90. The maximum atomic E-state index is 11.4. The molecule has 1 aromatic rings. The van der Waals surface area contributed by atoms with Gasteiger partial charge in [-0.3, -0.25) is 0 Å². The summed E-state index contributed by atoms with van der Waals surface area (Å²) in [5.41, 5.74) is 1.68. The SMILES string of the molecule is C=C(CNC(CC)c1ccccc1)C(=O)OCC. The van der Waals surface area contributed by atoms with E-state index in [0.29, 0.717) is 18.7 Å². The van der Waals surface area contributed by atoms with Gasteiger partial charge >= 0.3 is 5.97 Å². The average molecular weight is 247 g/mol. The van der Waals surface area contributed by atoms with Crippen LogP contribution in [-0.4, -0.2) is 19.1 Å². The monoisotopic (exact) mass is 247 g/mol. The minimum absolute atomic E-state index is 0.234. The second-order valence-electron chi connectivity index (χ2n) is 4.08. The molecule has 1 N–H and O–H groups in total. The lowest BCUT2D eigenvalue weighted by Gasteiger charge is -2.17. The van der Waals surface area contributed by atoms with Crippen LogP contribution in [0.1, 0.15) is 31.9 Å². The van der Waals surface area contributed by atoms with Gasteiger partial charge in [-0.2, -0.15) is 0 Å². The van der Waals surface area contributed by atoms with Crippen molar-refractivity contribution in [3.63, 3.8) is 0 Å². The van der Waals surface area contributed by atoms with Crippen molar-refractivity contribution in [2.45, 2.75) is 26.3 Å². The van der Waals surface area contributed by atoms with E-state index >= 15 is 0 Å². The molecular formula is C15H21NO2. The summed E-state index contributed by atoms with van der Waals surface area (Å²) in [6, 6.07) is 10.4. The van der Waals surface area contributed by atoms with Crippen LogP contribution in [-0.2, 0) is 9.53 Å². The van der Waals surface area contributed by atoms with Crippen molar-refractivity contribution in [1.82, 2.24) is 5.32 Å². The molecule has 0 saturated heterocycles. The Bertz CT molecular complexity index is 387. The molecule has 3 heteroatoms. The van der Waals surface area contributed by atoms with Crippen LogP contribution in [0.25, 0.3) is 0 Å². The number of nitrogens with one attached hydrogen (secondary N) is 1. The van der Waals surface area contributed by atoms with E-state index in [1.807, 2.05) is 18.2 Å². The summed E-state index contributed by atoms with van der Waals surface area (Å²) in [4.78, 5) is 11.4. The molecule has 0 fully saturated rings. The largest absolute Gasteiger partial charge is 0.463 e. The minimum atomic E-state index is -0.326. The van der Waals surface area contributed by atoms with Crippen molar-refractivity contribution < 1.29 is 9.53 Å². The van der Waals surface area contributed by atoms with Crippen molar-refractivity contribution in [3.05, 3.63) is 48.0 Å². The Balaban J connectivity index is 2.50. The smallest absolute Gasteiger partial charge is 0.334 e. The van der Waals surface area contributed by atoms with Crippen molar-refractivity contribution in [2.75, 3.05) is 13.2 Å². The van der Waals surface area contributed by atoms with E-state index in [0.717, 1.165) is 6.42 Å². The normalized spacial score (nSPS) is 11.9. The molecule has 0 radical (unpaired) electrons. The average Bonchev–Trinajstić information content (AvgIpc) is 2.40. The second kappa shape index (κ2) is 7.67. The lowest BCUT2D eigenvalue weighted by Crippen LogP contribution is -2.26. The summed E-state index contributed by atoms with van der Waals surface area (Å²) in [6.07, 6.45) is 0.958. The number of hydrogen-bond donors (Lipinski definition) is 1. The Labute approximate surface area is 109 Å². The molecule has 18 heavy (non-hydrogen) atoms. The molecule has 0 heterocycles. The van der Waals surface area contributed by atoms with Gasteiger partial charge < -0.3 is 10.1 Å². The van der Waals surface area contributed by atoms with E-state index in [2.05, 4.69) is 31.0 Å². The molecule has 0 bridgehead atoms. The van der Waals surface area contributed by atoms with Gasteiger partial charge in [-0.1, -0.05) is 43.8 Å². The number of rotatable bonds is 7. The van der Waals surface area contributed by atoms with Crippen molar-refractivity contribution in [3.8, 4) is 0 Å². The Hall–Kier alpha value is -1.61. The van der Waals surface area contributed by atoms with Crippen molar-refractivity contribution >= 4 is 5.97 Å². The van der Waals surface area contributed by atoms with Gasteiger partial charge in [0.25, 0.3) is 0 Å². The lowest BCUT2D eigenvalue weighted by atomic mass is 10.0. The molecule has 0 amide bonds. The standard InChI is InChI=1S/C15H21NO2/c1-4-14(13-9-7-6-8-10-13)16-11-12(3)15(17)18-5-2/h6-10,14,16H,3-5,11H2,1-2H3. The van der Waals surface area contributed by atoms with Gasteiger partial charge in [-0.15, -0.1) is 0 Å². The second-order valence-corrected chi connectivity index (χ2v) is 4.08. The third-order valence-corrected chi connectivity index (χ3v) is 2.74. The van der Waals surface area contributed by atoms with E-state index in [1.165, 1.54) is 5.56 Å². The Morgan fingerprint density at radius 2 is 2.00 bits per heavy atom. The summed E-state index contributed by atoms with van der Waals surface area (Å²) in [5.74, 6) is -0.326. The first-order valence-corrected chi connectivity index (χ1v) is 6.32. The molecule has 98 valence electrons. The van der Waals surface area contributed by atoms with Gasteiger partial charge in [0, 0.05) is 18.2 Å². The summed E-state index contributed by atoms with van der Waals surface area (Å²) >= 11 is 0. The van der Waals surface area contributed by atoms with Gasteiger partial charge in [0.1, 0.15) is 0 Å². The lowest BCUT2D eigenvalue weighted by molar-refractivity contribution is -0.138. The molecule has 1 unspecified atom stereocenters. The van der Waals surface area contributed by atoms with Crippen molar-refractivity contribution in [2.24, 2.45) is 0 Å². The van der Waals surface area contributed by atoms with Crippen LogP contribution >= 0.6 is 0 Å². The Morgan fingerprint density at radius 3 is 2.56 bits per heavy atom. The van der Waals surface area contributed by atoms with Crippen molar-refractivity contribution in [1.29, 1.82) is 0 Å². The molecule has 1 rings (SSSR count). The van der Waals surface area contributed by atoms with Crippen LogP contribution in [0.4, 0.5) is 0 Å². The highest BCUT2D eigenvalue weighted by atomic mass is 16.5. The third-order valence-electron chi connectivity index (χ3n) is 2.74. The quantitative estimate of drug-likeness (QED) is 0.595. The minimum Gasteiger partial charge on any atom is -0.463 e. The number of ether oxygens (including phenoxy) is 1. The van der Waals surface area contributed by atoms with E-state index in [9.17, 15) is 4.79 Å². The first-order valence-electron chi connectivity index (χ1n) is 6.32. The Kier molecular flexibility index (Phi) is 6.15. The first kappa shape index (κ1) is 14.5. The zero-order valence-corrected chi connectivity index (χ0v) is 11.1. The maximum absolute atomic E-state index is 11.4. The first-order chi connectivity index (χ1) is 8.69. The molecule has 0 aromatic heterocycles. The summed E-state index contributed by atoms with van der Waals surface area (Å²) in [7, 11) is 0. The predicted octanol–water partition coefficient (Wildman–Crippen LogP) is 2.85. The van der Waals surface area contributed by atoms with Gasteiger partial charge in [0.2, 0.25) is 0 Å². The highest BCUT2D eigenvalue weighted by Gasteiger charge is 2.12. The zero-order chi connectivity index (χ0) is 13.4. The highest BCUT2D eigenvalue weighted by Crippen LogP contribution is 2.15. The Morgan fingerprint density at radius 1 is 1.33 bits per heavy atom. The van der Waals surface area contributed by atoms with Crippen LogP contribution in [0.3, 0.4) is 0 Å². The number of benzene rings is 1. The third kappa shape index (κ3) is 4.34. The number of carbonyl (C=O) groups excluding carboxylic acids is 1. The molecule has 0 aliphatic heterocycles. The van der Waals surface area contributed by atoms with Crippen LogP contribution in [0, 0.1) is 0 Å².